The number of nitrogens with one attached hydrogen (secondary N) is 1. The van der Waals surface area contributed by atoms with Crippen molar-refractivity contribution in [1.82, 2.24) is 10.2 Å². The number of halogens is 1. The fourth-order valence-electron chi connectivity index (χ4n) is 2.03. The van der Waals surface area contributed by atoms with Gasteiger partial charge in [0.1, 0.15) is 17.5 Å². The molecule has 1 atom stereocenters. The summed E-state index contributed by atoms with van der Waals surface area (Å²) in [6.07, 6.45) is 0. The maximum Gasteiger partial charge on any atom is 0.147 e. The molecular weight excluding hydrogens is 219 g/mol. The van der Waals surface area contributed by atoms with Crippen molar-refractivity contribution in [1.29, 1.82) is 0 Å². The standard InChI is InChI=1S/C13H15FN2O/c1-10-13(9-17)16(7-6-15-10)8-11-2-4-12(14)5-3-11/h2-5,10,15H,6-8H2,1H3. The third kappa shape index (κ3) is 2.73. The third-order valence-electron chi connectivity index (χ3n) is 2.97. The van der Waals surface area contributed by atoms with Crippen molar-refractivity contribution in [2.24, 2.45) is 0 Å². The van der Waals surface area contributed by atoms with Gasteiger partial charge in [0.15, 0.2) is 0 Å². The molecule has 1 unspecified atom stereocenters. The zero-order chi connectivity index (χ0) is 12.3. The van der Waals surface area contributed by atoms with Crippen LogP contribution in [0.4, 0.5) is 4.39 Å². The van der Waals surface area contributed by atoms with Gasteiger partial charge in [0, 0.05) is 19.6 Å². The van der Waals surface area contributed by atoms with Crippen LogP contribution in [0.15, 0.2) is 30.0 Å². The molecule has 0 radical (unpaired) electrons. The van der Waals surface area contributed by atoms with Crippen LogP contribution in [-0.4, -0.2) is 30.0 Å². The fraction of sp³-hybridized carbons (Fsp3) is 0.385. The van der Waals surface area contributed by atoms with Crippen LogP contribution in [-0.2, 0) is 11.3 Å². The second-order valence-electron chi connectivity index (χ2n) is 4.21. The lowest BCUT2D eigenvalue weighted by molar-refractivity contribution is 0.266. The topological polar surface area (TPSA) is 32.3 Å². The van der Waals surface area contributed by atoms with Crippen LogP contribution < -0.4 is 5.32 Å². The Balaban J connectivity index is 2.12. The summed E-state index contributed by atoms with van der Waals surface area (Å²) in [7, 11) is 0. The highest BCUT2D eigenvalue weighted by Gasteiger charge is 2.22. The molecule has 0 aromatic heterocycles. The monoisotopic (exact) mass is 234 g/mol. The van der Waals surface area contributed by atoms with E-state index in [1.807, 2.05) is 17.8 Å². The molecule has 0 bridgehead atoms. The molecule has 1 aromatic rings. The van der Waals surface area contributed by atoms with Crippen LogP contribution in [0.25, 0.3) is 0 Å². The van der Waals surface area contributed by atoms with Crippen molar-refractivity contribution in [3.63, 3.8) is 0 Å². The average Bonchev–Trinajstić information content (AvgIpc) is 2.32. The van der Waals surface area contributed by atoms with Gasteiger partial charge in [-0.15, -0.1) is 0 Å². The lowest BCUT2D eigenvalue weighted by Gasteiger charge is -2.34. The minimum Gasteiger partial charge on any atom is -0.359 e. The Morgan fingerprint density at radius 1 is 1.47 bits per heavy atom. The summed E-state index contributed by atoms with van der Waals surface area (Å²) in [5.41, 5.74) is 1.63. The maximum atomic E-state index is 12.8. The molecule has 0 aliphatic carbocycles. The first-order valence-electron chi connectivity index (χ1n) is 5.68. The molecule has 1 aliphatic heterocycles. The molecule has 4 heteroatoms. The predicted octanol–water partition coefficient (Wildman–Crippen LogP) is 1.33. The van der Waals surface area contributed by atoms with Crippen LogP contribution in [0.2, 0.25) is 0 Å². The van der Waals surface area contributed by atoms with Crippen molar-refractivity contribution < 1.29 is 9.18 Å². The highest BCUT2D eigenvalue weighted by molar-refractivity contribution is 5.54. The number of rotatable bonds is 2. The second kappa shape index (κ2) is 5.13. The van der Waals surface area contributed by atoms with Crippen LogP contribution in [0, 0.1) is 5.82 Å². The lowest BCUT2D eigenvalue weighted by atomic mass is 10.1. The molecule has 1 heterocycles. The molecular formula is C13H15FN2O. The maximum absolute atomic E-state index is 12.8. The molecule has 1 aromatic carbocycles. The van der Waals surface area contributed by atoms with E-state index in [0.29, 0.717) is 12.2 Å². The number of nitrogens with zero attached hydrogens (tertiary/aromatic N) is 1. The van der Waals surface area contributed by atoms with Gasteiger partial charge in [-0.2, -0.15) is 0 Å². The fourth-order valence-corrected chi connectivity index (χ4v) is 2.03. The van der Waals surface area contributed by atoms with Crippen LogP contribution >= 0.6 is 0 Å². The van der Waals surface area contributed by atoms with Gasteiger partial charge >= 0.3 is 0 Å². The Bertz CT molecular complexity index is 437. The van der Waals surface area contributed by atoms with Crippen LogP contribution in [0.3, 0.4) is 0 Å². The van der Waals surface area contributed by atoms with E-state index in [9.17, 15) is 9.18 Å². The van der Waals surface area contributed by atoms with Gasteiger partial charge in [-0.3, -0.25) is 0 Å². The van der Waals surface area contributed by atoms with Gasteiger partial charge in [0.05, 0.1) is 6.04 Å². The molecule has 1 saturated heterocycles. The molecule has 3 nitrogen and oxygen atoms in total. The van der Waals surface area contributed by atoms with Gasteiger partial charge in [-0.1, -0.05) is 12.1 Å². The van der Waals surface area contributed by atoms with Crippen LogP contribution in [0.5, 0.6) is 0 Å². The van der Waals surface area contributed by atoms with E-state index < -0.39 is 0 Å². The summed E-state index contributed by atoms with van der Waals surface area (Å²) in [5.74, 6) is 1.75. The summed E-state index contributed by atoms with van der Waals surface area (Å²) in [4.78, 5) is 12.9. The minimum atomic E-state index is -0.242. The van der Waals surface area contributed by atoms with Gasteiger partial charge < -0.3 is 10.2 Å². The largest absolute Gasteiger partial charge is 0.359 e. The Kier molecular flexibility index (Phi) is 3.57. The predicted molar refractivity (Wildman–Crippen MR) is 63.5 cm³/mol. The quantitative estimate of drug-likeness (QED) is 0.784. The molecule has 0 saturated carbocycles. The Morgan fingerprint density at radius 3 is 2.82 bits per heavy atom. The Hall–Kier alpha value is -1.64. The van der Waals surface area contributed by atoms with Crippen molar-refractivity contribution >= 4 is 5.94 Å². The number of benzene rings is 1. The summed E-state index contributed by atoms with van der Waals surface area (Å²) in [5, 5.41) is 3.21. The van der Waals surface area contributed by atoms with E-state index in [0.717, 1.165) is 18.7 Å². The van der Waals surface area contributed by atoms with Crippen LogP contribution in [0.1, 0.15) is 12.5 Å². The van der Waals surface area contributed by atoms with E-state index in [1.165, 1.54) is 12.1 Å². The second-order valence-corrected chi connectivity index (χ2v) is 4.21. The van der Waals surface area contributed by atoms with E-state index in [-0.39, 0.29) is 11.9 Å². The first kappa shape index (κ1) is 11.8. The molecule has 90 valence electrons. The minimum absolute atomic E-state index is 0.0294. The number of carbonyl (C=O) groups excluding carboxylic acids is 1. The first-order chi connectivity index (χ1) is 8.20. The van der Waals surface area contributed by atoms with Crippen molar-refractivity contribution in [3.8, 4) is 0 Å². The normalized spacial score (nSPS) is 20.2. The van der Waals surface area contributed by atoms with Gasteiger partial charge in [-0.05, 0) is 24.6 Å². The highest BCUT2D eigenvalue weighted by atomic mass is 19.1. The highest BCUT2D eigenvalue weighted by Crippen LogP contribution is 2.15. The zero-order valence-corrected chi connectivity index (χ0v) is 9.74. The lowest BCUT2D eigenvalue weighted by Crippen LogP contribution is -2.47. The smallest absolute Gasteiger partial charge is 0.147 e. The Labute approximate surface area is 99.9 Å². The molecule has 0 spiro atoms. The average molecular weight is 234 g/mol. The Morgan fingerprint density at radius 2 is 2.18 bits per heavy atom. The first-order valence-corrected chi connectivity index (χ1v) is 5.68. The zero-order valence-electron chi connectivity index (χ0n) is 9.74. The number of hydrogen-bond donors (Lipinski definition) is 1. The van der Waals surface area contributed by atoms with Gasteiger partial charge in [0.2, 0.25) is 0 Å². The summed E-state index contributed by atoms with van der Waals surface area (Å²) in [6, 6.07) is 6.38. The van der Waals surface area contributed by atoms with Gasteiger partial charge in [-0.25, -0.2) is 9.18 Å². The molecule has 1 N–H and O–H groups in total. The third-order valence-corrected chi connectivity index (χ3v) is 2.97. The number of piperazine rings is 1. The van der Waals surface area contributed by atoms with Crippen molar-refractivity contribution in [2.75, 3.05) is 13.1 Å². The van der Waals surface area contributed by atoms with E-state index in [2.05, 4.69) is 5.32 Å². The summed E-state index contributed by atoms with van der Waals surface area (Å²) in [6.45, 7) is 4.17. The summed E-state index contributed by atoms with van der Waals surface area (Å²) >= 11 is 0. The molecule has 17 heavy (non-hydrogen) atoms. The molecule has 2 rings (SSSR count). The van der Waals surface area contributed by atoms with Crippen molar-refractivity contribution in [3.05, 3.63) is 41.3 Å². The molecule has 1 fully saturated rings. The van der Waals surface area contributed by atoms with Crippen molar-refractivity contribution in [2.45, 2.75) is 19.5 Å². The van der Waals surface area contributed by atoms with E-state index in [4.69, 9.17) is 0 Å². The SMILES string of the molecule is CC1NCCN(Cc2ccc(F)cc2)C1=C=O. The summed E-state index contributed by atoms with van der Waals surface area (Å²) < 4.78 is 12.8. The molecule has 1 aliphatic rings. The van der Waals surface area contributed by atoms with E-state index in [1.54, 1.807) is 12.1 Å². The number of hydrogen-bond acceptors (Lipinski definition) is 3. The molecule has 0 amide bonds. The van der Waals surface area contributed by atoms with Gasteiger partial charge in [0.25, 0.3) is 0 Å². The van der Waals surface area contributed by atoms with E-state index >= 15 is 0 Å².